The van der Waals surface area contributed by atoms with E-state index in [0.717, 1.165) is 12.8 Å². The first kappa shape index (κ1) is 13.8. The number of rotatable bonds is 3. The normalized spacial score (nSPS) is 31.7. The van der Waals surface area contributed by atoms with Crippen molar-refractivity contribution in [3.63, 3.8) is 0 Å². The maximum atomic E-state index is 12.7. The molecule has 108 valence electrons. The zero-order valence-corrected chi connectivity index (χ0v) is 12.7. The summed E-state index contributed by atoms with van der Waals surface area (Å²) in [4.78, 5) is 12.7. The van der Waals surface area contributed by atoms with Gasteiger partial charge >= 0.3 is 0 Å². The molecule has 0 spiro atoms. The fraction of sp³-hybridized carbons (Fsp3) is 0.562. The molecule has 2 atom stereocenters. The fourth-order valence-corrected chi connectivity index (χ4v) is 6.21. The van der Waals surface area contributed by atoms with E-state index in [0.29, 0.717) is 17.2 Å². The van der Waals surface area contributed by atoms with Gasteiger partial charge in [-0.25, -0.2) is 8.42 Å². The second-order valence-electron chi connectivity index (χ2n) is 6.74. The van der Waals surface area contributed by atoms with Crippen molar-refractivity contribution in [2.75, 3.05) is 5.75 Å². The molecule has 20 heavy (non-hydrogen) atoms. The topological polar surface area (TPSA) is 51.2 Å². The molecule has 0 unspecified atom stereocenters. The van der Waals surface area contributed by atoms with E-state index < -0.39 is 15.3 Å². The Morgan fingerprint density at radius 2 is 1.85 bits per heavy atom. The SMILES string of the molecule is CC1(C)[C@H]2CC[C@@]1(CS(=O)(=O)c1ccccc1)C(=O)C2. The molecule has 0 saturated heterocycles. The van der Waals surface area contributed by atoms with E-state index >= 15 is 0 Å². The maximum absolute atomic E-state index is 12.7. The Morgan fingerprint density at radius 3 is 2.35 bits per heavy atom. The van der Waals surface area contributed by atoms with Gasteiger partial charge in [-0.05, 0) is 36.3 Å². The molecule has 0 aromatic heterocycles. The summed E-state index contributed by atoms with van der Waals surface area (Å²) in [6, 6.07) is 8.48. The van der Waals surface area contributed by atoms with Crippen LogP contribution in [-0.2, 0) is 14.6 Å². The molecule has 2 fully saturated rings. The molecular formula is C16H20O3S. The fourth-order valence-electron chi connectivity index (χ4n) is 4.14. The molecule has 3 nitrogen and oxygen atoms in total. The summed E-state index contributed by atoms with van der Waals surface area (Å²) in [5.41, 5.74) is -0.877. The highest BCUT2D eigenvalue weighted by Crippen LogP contribution is 2.64. The highest BCUT2D eigenvalue weighted by Gasteiger charge is 2.65. The van der Waals surface area contributed by atoms with Crippen LogP contribution in [0, 0.1) is 16.7 Å². The molecule has 2 bridgehead atoms. The Labute approximate surface area is 120 Å². The van der Waals surface area contributed by atoms with Gasteiger partial charge in [-0.1, -0.05) is 32.0 Å². The van der Waals surface area contributed by atoms with Gasteiger partial charge in [-0.3, -0.25) is 4.79 Å². The van der Waals surface area contributed by atoms with Crippen LogP contribution in [-0.4, -0.2) is 20.0 Å². The third-order valence-electron chi connectivity index (χ3n) is 5.68. The monoisotopic (exact) mass is 292 g/mol. The van der Waals surface area contributed by atoms with Crippen molar-refractivity contribution in [1.82, 2.24) is 0 Å². The molecular weight excluding hydrogens is 272 g/mol. The zero-order chi connectivity index (χ0) is 14.6. The Hall–Kier alpha value is -1.16. The summed E-state index contributed by atoms with van der Waals surface area (Å²) in [5, 5.41) is 0. The summed E-state index contributed by atoms with van der Waals surface area (Å²) in [6.45, 7) is 4.13. The van der Waals surface area contributed by atoms with Gasteiger partial charge < -0.3 is 0 Å². The highest BCUT2D eigenvalue weighted by atomic mass is 32.2. The van der Waals surface area contributed by atoms with Crippen LogP contribution in [0.3, 0.4) is 0 Å². The van der Waals surface area contributed by atoms with Gasteiger partial charge in [0.05, 0.1) is 10.6 Å². The first-order chi connectivity index (χ1) is 9.30. The molecule has 4 heteroatoms. The van der Waals surface area contributed by atoms with E-state index in [4.69, 9.17) is 0 Å². The van der Waals surface area contributed by atoms with Crippen LogP contribution in [0.2, 0.25) is 0 Å². The minimum Gasteiger partial charge on any atom is -0.299 e. The van der Waals surface area contributed by atoms with Crippen LogP contribution in [0.1, 0.15) is 33.1 Å². The van der Waals surface area contributed by atoms with Crippen molar-refractivity contribution in [3.05, 3.63) is 30.3 Å². The predicted molar refractivity (Wildman–Crippen MR) is 77.1 cm³/mol. The smallest absolute Gasteiger partial charge is 0.179 e. The summed E-state index contributed by atoms with van der Waals surface area (Å²) in [5.74, 6) is 0.464. The van der Waals surface area contributed by atoms with E-state index in [1.54, 1.807) is 30.3 Å². The lowest BCUT2D eigenvalue weighted by Crippen LogP contribution is -2.42. The zero-order valence-electron chi connectivity index (χ0n) is 11.9. The lowest BCUT2D eigenvalue weighted by atomic mass is 9.70. The summed E-state index contributed by atoms with van der Waals surface area (Å²) in [7, 11) is -3.41. The molecule has 0 N–H and O–H groups in total. The third kappa shape index (κ3) is 1.70. The number of Topliss-reactive ketones (excluding diaryl/α,β-unsaturated/α-hetero) is 1. The maximum Gasteiger partial charge on any atom is 0.179 e. The van der Waals surface area contributed by atoms with Crippen molar-refractivity contribution in [3.8, 4) is 0 Å². The van der Waals surface area contributed by atoms with E-state index in [-0.39, 0.29) is 17.0 Å². The van der Waals surface area contributed by atoms with Crippen molar-refractivity contribution >= 4 is 15.6 Å². The standard InChI is InChI=1S/C16H20O3S/c1-15(2)12-8-9-16(15,14(17)10-12)11-20(18,19)13-6-4-3-5-7-13/h3-7,12H,8-11H2,1-2H3/t12-,16+/m0/s1. The lowest BCUT2D eigenvalue weighted by molar-refractivity contribution is -0.128. The van der Waals surface area contributed by atoms with Crippen LogP contribution < -0.4 is 0 Å². The Bertz CT molecular complexity index is 646. The van der Waals surface area contributed by atoms with Gasteiger partial charge in [0.1, 0.15) is 5.78 Å². The Balaban J connectivity index is 2.01. The molecule has 3 rings (SSSR count). The average Bonchev–Trinajstić information content (AvgIpc) is 2.73. The van der Waals surface area contributed by atoms with Crippen LogP contribution in [0.25, 0.3) is 0 Å². The first-order valence-corrected chi connectivity index (χ1v) is 8.76. The van der Waals surface area contributed by atoms with Crippen molar-refractivity contribution in [2.24, 2.45) is 16.7 Å². The van der Waals surface area contributed by atoms with Gasteiger partial charge in [0.15, 0.2) is 9.84 Å². The highest BCUT2D eigenvalue weighted by molar-refractivity contribution is 7.91. The van der Waals surface area contributed by atoms with Crippen LogP contribution in [0.4, 0.5) is 0 Å². The molecule has 2 saturated carbocycles. The molecule has 0 amide bonds. The van der Waals surface area contributed by atoms with Crippen LogP contribution in [0.5, 0.6) is 0 Å². The van der Waals surface area contributed by atoms with Crippen LogP contribution >= 0.6 is 0 Å². The summed E-state index contributed by atoms with van der Waals surface area (Å²) in [6.07, 6.45) is 2.25. The quantitative estimate of drug-likeness (QED) is 0.860. The molecule has 1 aromatic rings. The molecule has 0 radical (unpaired) electrons. The Kier molecular flexibility index (Phi) is 2.88. The number of fused-ring (bicyclic) bond motifs is 2. The molecule has 0 heterocycles. The predicted octanol–water partition coefficient (Wildman–Crippen LogP) is 2.86. The van der Waals surface area contributed by atoms with Crippen molar-refractivity contribution in [2.45, 2.75) is 38.0 Å². The minimum absolute atomic E-state index is 0.0354. The van der Waals surface area contributed by atoms with E-state index in [1.807, 2.05) is 0 Å². The van der Waals surface area contributed by atoms with E-state index in [1.165, 1.54) is 0 Å². The van der Waals surface area contributed by atoms with Gasteiger partial charge in [-0.15, -0.1) is 0 Å². The summed E-state index contributed by atoms with van der Waals surface area (Å²) >= 11 is 0. The number of sulfone groups is 1. The molecule has 0 aliphatic heterocycles. The van der Waals surface area contributed by atoms with Crippen molar-refractivity contribution < 1.29 is 13.2 Å². The second-order valence-corrected chi connectivity index (χ2v) is 8.73. The largest absolute Gasteiger partial charge is 0.299 e. The van der Waals surface area contributed by atoms with Gasteiger partial charge in [0.25, 0.3) is 0 Å². The third-order valence-corrected chi connectivity index (χ3v) is 7.54. The lowest BCUT2D eigenvalue weighted by Gasteiger charge is -2.36. The average molecular weight is 292 g/mol. The molecule has 2 aliphatic rings. The first-order valence-electron chi connectivity index (χ1n) is 7.11. The number of hydrogen-bond acceptors (Lipinski definition) is 3. The van der Waals surface area contributed by atoms with Gasteiger partial charge in [0, 0.05) is 11.8 Å². The minimum atomic E-state index is -3.41. The Morgan fingerprint density at radius 1 is 1.20 bits per heavy atom. The summed E-state index contributed by atoms with van der Waals surface area (Å²) < 4.78 is 25.3. The number of carbonyl (C=O) groups is 1. The van der Waals surface area contributed by atoms with Gasteiger partial charge in [-0.2, -0.15) is 0 Å². The second kappa shape index (κ2) is 4.17. The molecule has 2 aliphatic carbocycles. The van der Waals surface area contributed by atoms with Gasteiger partial charge in [0.2, 0.25) is 0 Å². The van der Waals surface area contributed by atoms with Crippen LogP contribution in [0.15, 0.2) is 35.2 Å². The molecule has 1 aromatic carbocycles. The number of hydrogen-bond donors (Lipinski definition) is 0. The van der Waals surface area contributed by atoms with E-state index in [9.17, 15) is 13.2 Å². The number of carbonyl (C=O) groups excluding carboxylic acids is 1. The van der Waals surface area contributed by atoms with Crippen molar-refractivity contribution in [1.29, 1.82) is 0 Å². The number of benzene rings is 1. The number of ketones is 1. The van der Waals surface area contributed by atoms with E-state index in [2.05, 4.69) is 13.8 Å².